The first-order valence-electron chi connectivity index (χ1n) is 7.37. The molecule has 0 radical (unpaired) electrons. The second-order valence-electron chi connectivity index (χ2n) is 5.77. The molecule has 1 heterocycles. The molecule has 0 amide bonds. The van der Waals surface area contributed by atoms with Crippen LogP contribution in [0.4, 0.5) is 0 Å². The van der Waals surface area contributed by atoms with Crippen molar-refractivity contribution in [3.63, 3.8) is 0 Å². The highest BCUT2D eigenvalue weighted by atomic mass is 79.9. The molecular formula is C16H23BrN4. The quantitative estimate of drug-likeness (QED) is 0.834. The zero-order valence-corrected chi connectivity index (χ0v) is 14.5. The molecular weight excluding hydrogens is 328 g/mol. The van der Waals surface area contributed by atoms with Crippen LogP contribution in [0.5, 0.6) is 0 Å². The van der Waals surface area contributed by atoms with Crippen molar-refractivity contribution in [1.29, 1.82) is 0 Å². The number of rotatable bonds is 7. The lowest BCUT2D eigenvalue weighted by molar-refractivity contribution is 0.447. The summed E-state index contributed by atoms with van der Waals surface area (Å²) in [7, 11) is 2.01. The topological polar surface area (TPSA) is 42.7 Å². The molecule has 4 nitrogen and oxygen atoms in total. The van der Waals surface area contributed by atoms with Gasteiger partial charge in [0.2, 0.25) is 0 Å². The van der Waals surface area contributed by atoms with Gasteiger partial charge in [0.25, 0.3) is 0 Å². The molecule has 1 aromatic heterocycles. The van der Waals surface area contributed by atoms with Gasteiger partial charge in [-0.1, -0.05) is 41.9 Å². The lowest BCUT2D eigenvalue weighted by Gasteiger charge is -2.17. The summed E-state index contributed by atoms with van der Waals surface area (Å²) in [6.07, 6.45) is 3.53. The molecule has 1 atom stereocenters. The molecule has 0 saturated heterocycles. The third kappa shape index (κ3) is 4.93. The van der Waals surface area contributed by atoms with E-state index in [0.717, 1.165) is 29.7 Å². The van der Waals surface area contributed by atoms with Gasteiger partial charge in [-0.2, -0.15) is 5.10 Å². The van der Waals surface area contributed by atoms with Gasteiger partial charge in [-0.15, -0.1) is 0 Å². The van der Waals surface area contributed by atoms with Crippen LogP contribution < -0.4 is 5.32 Å². The van der Waals surface area contributed by atoms with Crippen LogP contribution in [-0.4, -0.2) is 27.9 Å². The largest absolute Gasteiger partial charge is 0.316 e. The number of likely N-dealkylation sites (N-methyl/N-ethyl adjacent to an activating group) is 1. The summed E-state index contributed by atoms with van der Waals surface area (Å²) in [6.45, 7) is 5.32. The summed E-state index contributed by atoms with van der Waals surface area (Å²) in [5.41, 5.74) is 1.33. The van der Waals surface area contributed by atoms with E-state index in [9.17, 15) is 0 Å². The molecule has 0 aliphatic carbocycles. The standard InChI is InChI=1S/C16H23BrN4/c1-12(2)10-21-16(19-11-20-21)9-15(18-3)8-13-4-6-14(17)7-5-13/h4-7,11-12,15,18H,8-10H2,1-3H3. The minimum atomic E-state index is 0.362. The van der Waals surface area contributed by atoms with Gasteiger partial charge in [-0.3, -0.25) is 0 Å². The van der Waals surface area contributed by atoms with Crippen LogP contribution in [0, 0.1) is 5.92 Å². The van der Waals surface area contributed by atoms with E-state index in [1.807, 2.05) is 11.7 Å². The molecule has 0 fully saturated rings. The van der Waals surface area contributed by atoms with Crippen molar-refractivity contribution in [2.45, 2.75) is 39.3 Å². The summed E-state index contributed by atoms with van der Waals surface area (Å²) in [4.78, 5) is 4.42. The lowest BCUT2D eigenvalue weighted by atomic mass is 10.0. The molecule has 0 spiro atoms. The Balaban J connectivity index is 2.02. The van der Waals surface area contributed by atoms with Crippen LogP contribution in [0.15, 0.2) is 35.1 Å². The second kappa shape index (κ2) is 7.71. The summed E-state index contributed by atoms with van der Waals surface area (Å²) < 4.78 is 3.14. The van der Waals surface area contributed by atoms with Crippen LogP contribution in [0.3, 0.4) is 0 Å². The zero-order valence-electron chi connectivity index (χ0n) is 12.9. The van der Waals surface area contributed by atoms with Crippen molar-refractivity contribution in [3.8, 4) is 0 Å². The third-order valence-electron chi connectivity index (χ3n) is 3.47. The molecule has 0 aliphatic rings. The Kier molecular flexibility index (Phi) is 5.94. The van der Waals surface area contributed by atoms with Crippen LogP contribution >= 0.6 is 15.9 Å². The molecule has 1 unspecified atom stereocenters. The molecule has 1 aromatic carbocycles. The van der Waals surface area contributed by atoms with Crippen molar-refractivity contribution in [1.82, 2.24) is 20.1 Å². The van der Waals surface area contributed by atoms with Crippen LogP contribution in [0.1, 0.15) is 25.2 Å². The van der Waals surface area contributed by atoms with Crippen molar-refractivity contribution >= 4 is 15.9 Å². The van der Waals surface area contributed by atoms with Gasteiger partial charge in [0.05, 0.1) is 0 Å². The van der Waals surface area contributed by atoms with Gasteiger partial charge in [-0.05, 0) is 37.1 Å². The number of aromatic nitrogens is 3. The van der Waals surface area contributed by atoms with Crippen molar-refractivity contribution in [3.05, 3.63) is 46.5 Å². The molecule has 0 aliphatic heterocycles. The molecule has 2 rings (SSSR count). The van der Waals surface area contributed by atoms with Crippen LogP contribution in [0.2, 0.25) is 0 Å². The highest BCUT2D eigenvalue weighted by Gasteiger charge is 2.13. The third-order valence-corrected chi connectivity index (χ3v) is 4.00. The molecule has 21 heavy (non-hydrogen) atoms. The Hall–Kier alpha value is -1.20. The molecule has 114 valence electrons. The predicted molar refractivity (Wildman–Crippen MR) is 89.3 cm³/mol. The maximum absolute atomic E-state index is 4.42. The van der Waals surface area contributed by atoms with Crippen molar-refractivity contribution in [2.24, 2.45) is 5.92 Å². The van der Waals surface area contributed by atoms with Gasteiger partial charge in [0, 0.05) is 23.5 Å². The van der Waals surface area contributed by atoms with Gasteiger partial charge in [-0.25, -0.2) is 9.67 Å². The summed E-state index contributed by atoms with van der Waals surface area (Å²) in [6, 6.07) is 8.86. The van der Waals surface area contributed by atoms with E-state index in [0.29, 0.717) is 12.0 Å². The Morgan fingerprint density at radius 3 is 2.52 bits per heavy atom. The van der Waals surface area contributed by atoms with E-state index in [2.05, 4.69) is 69.4 Å². The van der Waals surface area contributed by atoms with E-state index in [-0.39, 0.29) is 0 Å². The van der Waals surface area contributed by atoms with Gasteiger partial charge < -0.3 is 5.32 Å². The van der Waals surface area contributed by atoms with E-state index in [4.69, 9.17) is 0 Å². The van der Waals surface area contributed by atoms with Crippen molar-refractivity contribution in [2.75, 3.05) is 7.05 Å². The molecule has 0 bridgehead atoms. The number of halogens is 1. The Morgan fingerprint density at radius 1 is 1.19 bits per heavy atom. The lowest BCUT2D eigenvalue weighted by Crippen LogP contribution is -2.31. The fourth-order valence-electron chi connectivity index (χ4n) is 2.35. The fourth-order valence-corrected chi connectivity index (χ4v) is 2.61. The zero-order chi connectivity index (χ0) is 15.2. The van der Waals surface area contributed by atoms with Gasteiger partial charge >= 0.3 is 0 Å². The smallest absolute Gasteiger partial charge is 0.138 e. The Bertz CT molecular complexity index is 548. The molecule has 5 heteroatoms. The number of hydrogen-bond donors (Lipinski definition) is 1. The molecule has 2 aromatic rings. The summed E-state index contributed by atoms with van der Waals surface area (Å²) in [5, 5.41) is 7.73. The number of hydrogen-bond acceptors (Lipinski definition) is 3. The van der Waals surface area contributed by atoms with Crippen LogP contribution in [0.25, 0.3) is 0 Å². The molecule has 0 saturated carbocycles. The van der Waals surface area contributed by atoms with E-state index in [1.165, 1.54) is 5.56 Å². The second-order valence-corrected chi connectivity index (χ2v) is 6.69. The van der Waals surface area contributed by atoms with E-state index >= 15 is 0 Å². The maximum atomic E-state index is 4.42. The first kappa shape index (κ1) is 16.2. The minimum absolute atomic E-state index is 0.362. The van der Waals surface area contributed by atoms with Gasteiger partial charge in [0.15, 0.2) is 0 Å². The Morgan fingerprint density at radius 2 is 1.90 bits per heavy atom. The normalized spacial score (nSPS) is 12.8. The molecule has 1 N–H and O–H groups in total. The van der Waals surface area contributed by atoms with Crippen molar-refractivity contribution < 1.29 is 0 Å². The predicted octanol–water partition coefficient (Wildman–Crippen LogP) is 3.07. The average Bonchev–Trinajstić information content (AvgIpc) is 2.87. The number of nitrogens with one attached hydrogen (secondary N) is 1. The number of benzene rings is 1. The summed E-state index contributed by atoms with van der Waals surface area (Å²) >= 11 is 3.47. The van der Waals surface area contributed by atoms with E-state index in [1.54, 1.807) is 6.33 Å². The highest BCUT2D eigenvalue weighted by Crippen LogP contribution is 2.13. The summed E-state index contributed by atoms with van der Waals surface area (Å²) in [5.74, 6) is 1.63. The monoisotopic (exact) mass is 350 g/mol. The first-order valence-corrected chi connectivity index (χ1v) is 8.16. The maximum Gasteiger partial charge on any atom is 0.138 e. The minimum Gasteiger partial charge on any atom is -0.316 e. The van der Waals surface area contributed by atoms with E-state index < -0.39 is 0 Å². The fraction of sp³-hybridized carbons (Fsp3) is 0.500. The van der Waals surface area contributed by atoms with Crippen LogP contribution in [-0.2, 0) is 19.4 Å². The SMILES string of the molecule is CNC(Cc1ccc(Br)cc1)Cc1ncnn1CC(C)C. The first-order chi connectivity index (χ1) is 10.1. The number of nitrogens with zero attached hydrogens (tertiary/aromatic N) is 3. The average molecular weight is 351 g/mol. The van der Waals surface area contributed by atoms with Gasteiger partial charge in [0.1, 0.15) is 12.2 Å². The highest BCUT2D eigenvalue weighted by molar-refractivity contribution is 9.10. The Labute approximate surface area is 135 Å².